The third-order valence-corrected chi connectivity index (χ3v) is 5.66. The summed E-state index contributed by atoms with van der Waals surface area (Å²) in [4.78, 5) is 23.0. The normalized spacial score (nSPS) is 11.0. The average Bonchev–Trinajstić information content (AvgIpc) is 3.08. The van der Waals surface area contributed by atoms with E-state index in [0.29, 0.717) is 39.1 Å². The maximum Gasteiger partial charge on any atom is 0.292 e. The van der Waals surface area contributed by atoms with E-state index in [2.05, 4.69) is 29.4 Å². The van der Waals surface area contributed by atoms with Crippen molar-refractivity contribution in [1.29, 1.82) is 0 Å². The van der Waals surface area contributed by atoms with E-state index in [1.165, 1.54) is 23.9 Å². The molecule has 162 valence electrons. The molecule has 1 amide bonds. The van der Waals surface area contributed by atoms with Crippen LogP contribution in [0, 0.1) is 16.0 Å². The number of para-hydroxylation sites is 2. The molecule has 0 aliphatic carbocycles. The highest BCUT2D eigenvalue weighted by Gasteiger charge is 2.20. The Morgan fingerprint density at radius 3 is 2.65 bits per heavy atom. The van der Waals surface area contributed by atoms with Crippen LogP contribution in [0.2, 0.25) is 10.0 Å². The molecule has 3 rings (SSSR count). The standard InChI is InChI=1S/C20H19Cl2N5O3S/c1-12(2)10-26-19(14-8-7-13(21)9-15(14)22)24-25-20(26)31-11-18(28)23-16-5-3-4-6-17(16)27(29)30/h3-9,12H,10-11H2,1-2H3,(H,23,28). The summed E-state index contributed by atoms with van der Waals surface area (Å²) in [5, 5.41) is 23.7. The van der Waals surface area contributed by atoms with Gasteiger partial charge in [-0.05, 0) is 30.2 Å². The topological polar surface area (TPSA) is 103 Å². The number of aromatic nitrogens is 3. The first-order chi connectivity index (χ1) is 14.8. The Morgan fingerprint density at radius 1 is 1.23 bits per heavy atom. The van der Waals surface area contributed by atoms with Gasteiger partial charge in [-0.25, -0.2) is 0 Å². The third kappa shape index (κ3) is 5.75. The summed E-state index contributed by atoms with van der Waals surface area (Å²) in [7, 11) is 0. The molecule has 0 aliphatic rings. The van der Waals surface area contributed by atoms with E-state index in [0.717, 1.165) is 0 Å². The monoisotopic (exact) mass is 479 g/mol. The van der Waals surface area contributed by atoms with Gasteiger partial charge in [0.25, 0.3) is 5.69 Å². The first-order valence-electron chi connectivity index (χ1n) is 9.31. The fourth-order valence-electron chi connectivity index (χ4n) is 2.85. The molecule has 11 heteroatoms. The molecule has 31 heavy (non-hydrogen) atoms. The van der Waals surface area contributed by atoms with Crippen molar-refractivity contribution in [2.75, 3.05) is 11.1 Å². The fraction of sp³-hybridized carbons (Fsp3) is 0.250. The van der Waals surface area contributed by atoms with Gasteiger partial charge in [0.2, 0.25) is 5.91 Å². The molecule has 2 aromatic carbocycles. The number of hydrogen-bond donors (Lipinski definition) is 1. The minimum Gasteiger partial charge on any atom is -0.320 e. The molecule has 0 fully saturated rings. The quantitative estimate of drug-likeness (QED) is 0.258. The SMILES string of the molecule is CC(C)Cn1c(SCC(=O)Nc2ccccc2[N+](=O)[O-])nnc1-c1ccc(Cl)cc1Cl. The van der Waals surface area contributed by atoms with Crippen molar-refractivity contribution in [3.8, 4) is 11.4 Å². The Morgan fingerprint density at radius 2 is 1.97 bits per heavy atom. The largest absolute Gasteiger partial charge is 0.320 e. The second-order valence-electron chi connectivity index (χ2n) is 7.05. The van der Waals surface area contributed by atoms with Crippen LogP contribution in [0.15, 0.2) is 47.6 Å². The lowest BCUT2D eigenvalue weighted by Crippen LogP contribution is -2.16. The van der Waals surface area contributed by atoms with Gasteiger partial charge in [0.05, 0.1) is 15.7 Å². The van der Waals surface area contributed by atoms with Gasteiger partial charge in [0.15, 0.2) is 11.0 Å². The number of nitro groups is 1. The predicted octanol–water partition coefficient (Wildman–Crippen LogP) is 5.55. The maximum absolute atomic E-state index is 12.4. The van der Waals surface area contributed by atoms with Crippen LogP contribution in [0.4, 0.5) is 11.4 Å². The number of hydrogen-bond acceptors (Lipinski definition) is 6. The molecule has 0 bridgehead atoms. The molecule has 1 N–H and O–H groups in total. The molecular weight excluding hydrogens is 461 g/mol. The fourth-order valence-corrected chi connectivity index (χ4v) is 4.09. The Labute approximate surface area is 193 Å². The van der Waals surface area contributed by atoms with E-state index in [1.807, 2.05) is 4.57 Å². The van der Waals surface area contributed by atoms with Crippen LogP contribution in [-0.4, -0.2) is 31.3 Å². The molecule has 0 saturated heterocycles. The number of thioether (sulfide) groups is 1. The van der Waals surface area contributed by atoms with Crippen LogP contribution in [0.1, 0.15) is 13.8 Å². The van der Waals surface area contributed by atoms with E-state index in [1.54, 1.807) is 30.3 Å². The lowest BCUT2D eigenvalue weighted by atomic mass is 10.2. The van der Waals surface area contributed by atoms with Gasteiger partial charge in [0, 0.05) is 23.2 Å². The summed E-state index contributed by atoms with van der Waals surface area (Å²) in [6, 6.07) is 11.1. The van der Waals surface area contributed by atoms with E-state index < -0.39 is 4.92 Å². The molecule has 0 radical (unpaired) electrons. The smallest absolute Gasteiger partial charge is 0.292 e. The van der Waals surface area contributed by atoms with Crippen molar-refractivity contribution < 1.29 is 9.72 Å². The Bertz CT molecular complexity index is 1120. The summed E-state index contributed by atoms with van der Waals surface area (Å²) in [5.41, 5.74) is 0.675. The van der Waals surface area contributed by atoms with E-state index in [-0.39, 0.29) is 23.0 Å². The van der Waals surface area contributed by atoms with Crippen molar-refractivity contribution in [3.05, 3.63) is 62.6 Å². The molecular formula is C20H19Cl2N5O3S. The first-order valence-corrected chi connectivity index (χ1v) is 11.0. The average molecular weight is 480 g/mol. The van der Waals surface area contributed by atoms with Crippen molar-refractivity contribution in [2.24, 2.45) is 5.92 Å². The van der Waals surface area contributed by atoms with Crippen LogP contribution in [0.5, 0.6) is 0 Å². The van der Waals surface area contributed by atoms with Gasteiger partial charge >= 0.3 is 0 Å². The minimum absolute atomic E-state index is 0.0105. The van der Waals surface area contributed by atoms with Crippen LogP contribution < -0.4 is 5.32 Å². The van der Waals surface area contributed by atoms with Crippen molar-refractivity contribution in [1.82, 2.24) is 14.8 Å². The zero-order valence-corrected chi connectivity index (χ0v) is 19.0. The molecule has 0 unspecified atom stereocenters. The van der Waals surface area contributed by atoms with E-state index >= 15 is 0 Å². The number of nitro benzene ring substituents is 1. The predicted molar refractivity (Wildman–Crippen MR) is 123 cm³/mol. The van der Waals surface area contributed by atoms with Gasteiger partial charge in [-0.3, -0.25) is 14.9 Å². The number of anilines is 1. The summed E-state index contributed by atoms with van der Waals surface area (Å²) < 4.78 is 1.91. The Kier molecular flexibility index (Phi) is 7.53. The lowest BCUT2D eigenvalue weighted by molar-refractivity contribution is -0.383. The summed E-state index contributed by atoms with van der Waals surface area (Å²) in [6.07, 6.45) is 0. The summed E-state index contributed by atoms with van der Waals surface area (Å²) >= 11 is 13.5. The third-order valence-electron chi connectivity index (χ3n) is 4.14. The van der Waals surface area contributed by atoms with Crippen molar-refractivity contribution in [2.45, 2.75) is 25.5 Å². The van der Waals surface area contributed by atoms with Crippen molar-refractivity contribution >= 4 is 52.2 Å². The zero-order chi connectivity index (χ0) is 22.5. The number of benzene rings is 2. The number of nitrogens with zero attached hydrogens (tertiary/aromatic N) is 4. The molecule has 1 heterocycles. The summed E-state index contributed by atoms with van der Waals surface area (Å²) in [5.74, 6) is 0.499. The van der Waals surface area contributed by atoms with Crippen molar-refractivity contribution in [3.63, 3.8) is 0 Å². The van der Waals surface area contributed by atoms with Gasteiger partial charge in [0.1, 0.15) is 5.69 Å². The molecule has 3 aromatic rings. The Hall–Kier alpha value is -2.62. The molecule has 1 aromatic heterocycles. The van der Waals surface area contributed by atoms with Crippen LogP contribution in [0.3, 0.4) is 0 Å². The molecule has 0 atom stereocenters. The van der Waals surface area contributed by atoms with Crippen LogP contribution in [0.25, 0.3) is 11.4 Å². The minimum atomic E-state index is -0.538. The van der Waals surface area contributed by atoms with Gasteiger partial charge in [-0.15, -0.1) is 10.2 Å². The number of halogens is 2. The highest BCUT2D eigenvalue weighted by atomic mass is 35.5. The van der Waals surface area contributed by atoms with E-state index in [9.17, 15) is 14.9 Å². The molecule has 8 nitrogen and oxygen atoms in total. The molecule has 0 spiro atoms. The van der Waals surface area contributed by atoms with Crippen LogP contribution in [-0.2, 0) is 11.3 Å². The first kappa shape index (κ1) is 23.1. The molecule has 0 aliphatic heterocycles. The van der Waals surface area contributed by atoms with Gasteiger partial charge in [-0.2, -0.15) is 0 Å². The highest BCUT2D eigenvalue weighted by Crippen LogP contribution is 2.32. The molecule has 0 saturated carbocycles. The maximum atomic E-state index is 12.4. The number of amides is 1. The summed E-state index contributed by atoms with van der Waals surface area (Å²) in [6.45, 7) is 4.74. The number of nitrogens with one attached hydrogen (secondary N) is 1. The second kappa shape index (κ2) is 10.1. The Balaban J connectivity index is 1.79. The number of rotatable bonds is 8. The zero-order valence-electron chi connectivity index (χ0n) is 16.7. The second-order valence-corrected chi connectivity index (χ2v) is 8.83. The van der Waals surface area contributed by atoms with Crippen LogP contribution >= 0.6 is 35.0 Å². The number of carbonyl (C=O) groups excluding carboxylic acids is 1. The highest BCUT2D eigenvalue weighted by molar-refractivity contribution is 7.99. The van der Waals surface area contributed by atoms with E-state index in [4.69, 9.17) is 23.2 Å². The van der Waals surface area contributed by atoms with Gasteiger partial charge in [-0.1, -0.05) is 60.9 Å². The lowest BCUT2D eigenvalue weighted by Gasteiger charge is -2.13. The van der Waals surface area contributed by atoms with Gasteiger partial charge < -0.3 is 9.88 Å². The number of carbonyl (C=O) groups is 1.